The lowest BCUT2D eigenvalue weighted by Gasteiger charge is -2.39. The van der Waals surface area contributed by atoms with E-state index in [2.05, 4.69) is 54.4 Å². The molecule has 1 aromatic rings. The van der Waals surface area contributed by atoms with E-state index in [0.29, 0.717) is 17.9 Å². The molecule has 2 fully saturated rings. The highest BCUT2D eigenvalue weighted by atomic mass is 16.5. The second-order valence-corrected chi connectivity index (χ2v) is 8.00. The molecule has 1 aromatic carbocycles. The van der Waals surface area contributed by atoms with Crippen LogP contribution >= 0.6 is 0 Å². The Morgan fingerprint density at radius 2 is 2.00 bits per heavy atom. The first-order valence-corrected chi connectivity index (χ1v) is 11.1. The Morgan fingerprint density at radius 1 is 1.21 bits per heavy atom. The highest BCUT2D eigenvalue weighted by Crippen LogP contribution is 2.32. The Hall–Kier alpha value is -1.59. The number of hydrogen-bond acceptors (Lipinski definition) is 3. The van der Waals surface area contributed by atoms with Crippen molar-refractivity contribution in [2.75, 3.05) is 46.0 Å². The molecule has 28 heavy (non-hydrogen) atoms. The van der Waals surface area contributed by atoms with E-state index in [4.69, 9.17) is 14.5 Å². The molecule has 0 saturated carbocycles. The van der Waals surface area contributed by atoms with Gasteiger partial charge in [0.2, 0.25) is 0 Å². The molecule has 2 aliphatic rings. The number of guanidine groups is 1. The molecule has 2 unspecified atom stereocenters. The van der Waals surface area contributed by atoms with Gasteiger partial charge in [0.1, 0.15) is 0 Å². The molecule has 2 aliphatic heterocycles. The van der Waals surface area contributed by atoms with Gasteiger partial charge in [-0.2, -0.15) is 0 Å². The summed E-state index contributed by atoms with van der Waals surface area (Å²) in [7, 11) is 0. The highest BCUT2D eigenvalue weighted by Gasteiger charge is 2.28. The Bertz CT molecular complexity index is 587. The summed E-state index contributed by atoms with van der Waals surface area (Å²) >= 11 is 0. The second-order valence-electron chi connectivity index (χ2n) is 8.00. The number of nitrogens with zero attached hydrogens (tertiary/aromatic N) is 2. The molecule has 5 heteroatoms. The van der Waals surface area contributed by atoms with Crippen molar-refractivity contribution in [2.24, 2.45) is 10.9 Å². The summed E-state index contributed by atoms with van der Waals surface area (Å²) in [6, 6.07) is 11.0. The van der Waals surface area contributed by atoms with Crippen molar-refractivity contribution in [3.8, 4) is 0 Å². The third-order valence-corrected chi connectivity index (χ3v) is 5.85. The minimum absolute atomic E-state index is 0.379. The lowest BCUT2D eigenvalue weighted by Crippen LogP contribution is -2.48. The van der Waals surface area contributed by atoms with Crippen LogP contribution in [0.25, 0.3) is 0 Å². The number of aliphatic imine (C=N–C) groups is 1. The lowest BCUT2D eigenvalue weighted by molar-refractivity contribution is -0.0318. The molecule has 156 valence electrons. The predicted octanol–water partition coefficient (Wildman–Crippen LogP) is 3.66. The molecular weight excluding hydrogens is 350 g/mol. The normalized spacial score (nSPS) is 24.4. The number of benzene rings is 1. The Kier molecular flexibility index (Phi) is 8.62. The molecule has 0 spiro atoms. The van der Waals surface area contributed by atoms with Crippen LogP contribution in [0.5, 0.6) is 0 Å². The number of rotatable bonds is 7. The summed E-state index contributed by atoms with van der Waals surface area (Å²) in [5.41, 5.74) is 1.47. The molecule has 0 aromatic heterocycles. The highest BCUT2D eigenvalue weighted by molar-refractivity contribution is 5.80. The fourth-order valence-electron chi connectivity index (χ4n) is 4.30. The van der Waals surface area contributed by atoms with Crippen molar-refractivity contribution in [2.45, 2.75) is 51.6 Å². The maximum absolute atomic E-state index is 5.97. The maximum atomic E-state index is 5.97. The zero-order valence-electron chi connectivity index (χ0n) is 17.6. The number of hydrogen-bond donors (Lipinski definition) is 1. The van der Waals surface area contributed by atoms with Gasteiger partial charge in [0.05, 0.1) is 6.10 Å². The van der Waals surface area contributed by atoms with Gasteiger partial charge in [0.15, 0.2) is 5.96 Å². The van der Waals surface area contributed by atoms with E-state index in [1.165, 1.54) is 12.0 Å². The summed E-state index contributed by atoms with van der Waals surface area (Å²) in [4.78, 5) is 7.32. The Balaban J connectivity index is 1.46. The van der Waals surface area contributed by atoms with E-state index in [1.807, 2.05) is 0 Å². The van der Waals surface area contributed by atoms with Crippen LogP contribution in [0, 0.1) is 5.92 Å². The van der Waals surface area contributed by atoms with E-state index >= 15 is 0 Å². The summed E-state index contributed by atoms with van der Waals surface area (Å²) in [6.45, 7) is 10.8. The Labute approximate surface area is 170 Å². The van der Waals surface area contributed by atoms with Gasteiger partial charge in [-0.05, 0) is 50.0 Å². The topological polar surface area (TPSA) is 46.1 Å². The van der Waals surface area contributed by atoms with E-state index in [1.54, 1.807) is 0 Å². The van der Waals surface area contributed by atoms with Crippen LogP contribution in [-0.4, -0.2) is 63.0 Å². The van der Waals surface area contributed by atoms with E-state index in [-0.39, 0.29) is 0 Å². The fourth-order valence-corrected chi connectivity index (χ4v) is 4.30. The van der Waals surface area contributed by atoms with Crippen LogP contribution in [0.2, 0.25) is 0 Å². The third kappa shape index (κ3) is 6.21. The van der Waals surface area contributed by atoms with Crippen molar-refractivity contribution >= 4 is 5.96 Å². The molecule has 0 amide bonds. The molecule has 3 rings (SSSR count). The van der Waals surface area contributed by atoms with Gasteiger partial charge in [-0.3, -0.25) is 4.99 Å². The molecule has 1 N–H and O–H groups in total. The van der Waals surface area contributed by atoms with Crippen molar-refractivity contribution in [3.63, 3.8) is 0 Å². The molecule has 0 aliphatic carbocycles. The van der Waals surface area contributed by atoms with E-state index in [0.717, 1.165) is 71.2 Å². The average Bonchev–Trinajstić information content (AvgIpc) is 2.74. The van der Waals surface area contributed by atoms with Crippen molar-refractivity contribution in [1.29, 1.82) is 0 Å². The molecule has 2 saturated heterocycles. The maximum Gasteiger partial charge on any atom is 0.193 e. The average molecular weight is 388 g/mol. The van der Waals surface area contributed by atoms with Gasteiger partial charge in [-0.25, -0.2) is 0 Å². The first kappa shape index (κ1) is 21.1. The van der Waals surface area contributed by atoms with Crippen LogP contribution in [0.15, 0.2) is 35.3 Å². The van der Waals surface area contributed by atoms with Crippen LogP contribution in [0.3, 0.4) is 0 Å². The predicted molar refractivity (Wildman–Crippen MR) is 115 cm³/mol. The number of nitrogens with one attached hydrogen (secondary N) is 1. The second kappa shape index (κ2) is 11.4. The number of likely N-dealkylation sites (tertiary alicyclic amines) is 1. The Morgan fingerprint density at radius 3 is 2.71 bits per heavy atom. The summed E-state index contributed by atoms with van der Waals surface area (Å²) in [5.74, 6) is 2.33. The van der Waals surface area contributed by atoms with Gasteiger partial charge in [-0.1, -0.05) is 37.3 Å². The first-order chi connectivity index (χ1) is 13.8. The molecular formula is C23H37N3O2. The molecule has 0 bridgehead atoms. The van der Waals surface area contributed by atoms with Gasteiger partial charge in [0, 0.05) is 46.0 Å². The van der Waals surface area contributed by atoms with Crippen LogP contribution < -0.4 is 5.32 Å². The zero-order chi connectivity index (χ0) is 19.6. The molecule has 2 heterocycles. The monoisotopic (exact) mass is 387 g/mol. The quantitative estimate of drug-likeness (QED) is 0.441. The largest absolute Gasteiger partial charge is 0.381 e. The van der Waals surface area contributed by atoms with Crippen LogP contribution in [-0.2, 0) is 9.47 Å². The minimum atomic E-state index is 0.379. The number of piperidine rings is 1. The van der Waals surface area contributed by atoms with Crippen LogP contribution in [0.1, 0.15) is 51.0 Å². The summed E-state index contributed by atoms with van der Waals surface area (Å²) in [6.07, 6.45) is 4.59. The standard InChI is InChI=1S/C23H37N3O2/c1-3-24-23(25-13-7-15-28-21-11-16-27-17-12-21)26-14-10-22(19(2)18-26)20-8-5-4-6-9-20/h4-6,8-9,19,21-22H,3,7,10-18H2,1-2H3,(H,24,25). The fraction of sp³-hybridized carbons (Fsp3) is 0.696. The lowest BCUT2D eigenvalue weighted by atomic mass is 9.82. The summed E-state index contributed by atoms with van der Waals surface area (Å²) in [5, 5.41) is 3.49. The van der Waals surface area contributed by atoms with Gasteiger partial charge >= 0.3 is 0 Å². The smallest absolute Gasteiger partial charge is 0.193 e. The van der Waals surface area contributed by atoms with Crippen molar-refractivity contribution in [3.05, 3.63) is 35.9 Å². The minimum Gasteiger partial charge on any atom is -0.381 e. The summed E-state index contributed by atoms with van der Waals surface area (Å²) < 4.78 is 11.3. The van der Waals surface area contributed by atoms with Crippen molar-refractivity contribution in [1.82, 2.24) is 10.2 Å². The van der Waals surface area contributed by atoms with Gasteiger partial charge in [-0.15, -0.1) is 0 Å². The van der Waals surface area contributed by atoms with E-state index < -0.39 is 0 Å². The van der Waals surface area contributed by atoms with Crippen molar-refractivity contribution < 1.29 is 9.47 Å². The molecule has 2 atom stereocenters. The zero-order valence-corrected chi connectivity index (χ0v) is 17.6. The number of ether oxygens (including phenoxy) is 2. The van der Waals surface area contributed by atoms with E-state index in [9.17, 15) is 0 Å². The molecule has 0 radical (unpaired) electrons. The first-order valence-electron chi connectivity index (χ1n) is 11.1. The van der Waals surface area contributed by atoms with Gasteiger partial charge < -0.3 is 19.7 Å². The SMILES string of the molecule is CCNC(=NCCCOC1CCOCC1)N1CCC(c2ccccc2)C(C)C1. The molecule has 5 nitrogen and oxygen atoms in total. The van der Waals surface area contributed by atoms with Gasteiger partial charge in [0.25, 0.3) is 0 Å². The van der Waals surface area contributed by atoms with Crippen LogP contribution in [0.4, 0.5) is 0 Å². The third-order valence-electron chi connectivity index (χ3n) is 5.85.